The van der Waals surface area contributed by atoms with Crippen molar-refractivity contribution in [2.45, 2.75) is 31.1 Å². The van der Waals surface area contributed by atoms with E-state index >= 15 is 0 Å². The topological polar surface area (TPSA) is 87.7 Å². The molecule has 2 aromatic carbocycles. The first-order valence-corrected chi connectivity index (χ1v) is 10.5. The first-order chi connectivity index (χ1) is 15.1. The van der Waals surface area contributed by atoms with Crippen molar-refractivity contribution in [1.82, 2.24) is 9.55 Å². The fourth-order valence-electron chi connectivity index (χ4n) is 3.96. The van der Waals surface area contributed by atoms with E-state index in [1.54, 1.807) is 23.9 Å². The summed E-state index contributed by atoms with van der Waals surface area (Å²) in [5.41, 5.74) is 4.33. The molecule has 0 aliphatic carbocycles. The van der Waals surface area contributed by atoms with E-state index < -0.39 is 12.2 Å². The number of nitrogens with zero attached hydrogens (tertiary/aromatic N) is 2. The SMILES string of the molecule is C[C@H](O)c1nccn1[C@@H](/C=C/c1ccc(-c2ccc(C3COC[C@H]3O)cc2)cc1)CO. The van der Waals surface area contributed by atoms with Crippen LogP contribution in [0.3, 0.4) is 0 Å². The number of hydrogen-bond acceptors (Lipinski definition) is 5. The van der Waals surface area contributed by atoms with Crippen LogP contribution in [-0.2, 0) is 4.74 Å². The van der Waals surface area contributed by atoms with E-state index in [0.717, 1.165) is 22.3 Å². The van der Waals surface area contributed by atoms with E-state index in [4.69, 9.17) is 4.74 Å². The fourth-order valence-corrected chi connectivity index (χ4v) is 3.96. The number of hydrogen-bond donors (Lipinski definition) is 3. The molecule has 1 fully saturated rings. The molecule has 1 saturated heterocycles. The minimum atomic E-state index is -0.701. The van der Waals surface area contributed by atoms with E-state index in [1.165, 1.54) is 0 Å². The van der Waals surface area contributed by atoms with Crippen LogP contribution in [0.4, 0.5) is 0 Å². The van der Waals surface area contributed by atoms with Gasteiger partial charge in [-0.3, -0.25) is 0 Å². The summed E-state index contributed by atoms with van der Waals surface area (Å²) in [5, 5.41) is 29.6. The Morgan fingerprint density at radius 2 is 1.77 bits per heavy atom. The van der Waals surface area contributed by atoms with Crippen LogP contribution >= 0.6 is 0 Å². The zero-order valence-electron chi connectivity index (χ0n) is 17.5. The van der Waals surface area contributed by atoms with E-state index in [-0.39, 0.29) is 18.6 Å². The average molecular weight is 421 g/mol. The second-order valence-corrected chi connectivity index (χ2v) is 7.93. The van der Waals surface area contributed by atoms with Crippen LogP contribution in [0.5, 0.6) is 0 Å². The van der Waals surface area contributed by atoms with Gasteiger partial charge in [-0.15, -0.1) is 0 Å². The standard InChI is InChI=1S/C25H28N2O4/c1-17(29)25-26-12-13-27(25)22(14-28)11-4-18-2-5-19(6-3-18)20-7-9-21(10-8-20)23-15-31-16-24(23)30/h2-13,17,22-24,28-30H,14-16H2,1H3/b11-4+/t17-,22-,23?,24+/m0/s1. The summed E-state index contributed by atoms with van der Waals surface area (Å²) in [4.78, 5) is 4.17. The molecular weight excluding hydrogens is 392 g/mol. The Bertz CT molecular complexity index is 1010. The molecule has 0 saturated carbocycles. The van der Waals surface area contributed by atoms with Crippen LogP contribution in [0.1, 0.15) is 41.9 Å². The molecule has 3 N–H and O–H groups in total. The molecule has 0 amide bonds. The normalized spacial score (nSPS) is 20.9. The molecule has 1 aromatic heterocycles. The summed E-state index contributed by atoms with van der Waals surface area (Å²) in [5.74, 6) is 0.574. The van der Waals surface area contributed by atoms with Gasteiger partial charge in [-0.1, -0.05) is 60.7 Å². The van der Waals surface area contributed by atoms with Gasteiger partial charge in [-0.2, -0.15) is 0 Å². The van der Waals surface area contributed by atoms with Crippen molar-refractivity contribution in [2.24, 2.45) is 0 Å². The molecule has 6 heteroatoms. The van der Waals surface area contributed by atoms with Crippen molar-refractivity contribution in [2.75, 3.05) is 19.8 Å². The van der Waals surface area contributed by atoms with E-state index in [9.17, 15) is 15.3 Å². The number of aromatic nitrogens is 2. The number of imidazole rings is 1. The van der Waals surface area contributed by atoms with Gasteiger partial charge in [0.1, 0.15) is 11.9 Å². The Balaban J connectivity index is 1.46. The van der Waals surface area contributed by atoms with Gasteiger partial charge in [-0.05, 0) is 29.2 Å². The van der Waals surface area contributed by atoms with Gasteiger partial charge in [0, 0.05) is 18.3 Å². The lowest BCUT2D eigenvalue weighted by Gasteiger charge is -2.16. The maximum absolute atomic E-state index is 10.0. The van der Waals surface area contributed by atoms with Crippen molar-refractivity contribution in [3.8, 4) is 11.1 Å². The summed E-state index contributed by atoms with van der Waals surface area (Å²) >= 11 is 0. The Morgan fingerprint density at radius 1 is 1.10 bits per heavy atom. The van der Waals surface area contributed by atoms with Crippen molar-refractivity contribution >= 4 is 6.08 Å². The van der Waals surface area contributed by atoms with Gasteiger partial charge in [-0.25, -0.2) is 4.98 Å². The molecule has 162 valence electrons. The third-order valence-corrected chi connectivity index (χ3v) is 5.76. The summed E-state index contributed by atoms with van der Waals surface area (Å²) in [6.07, 6.45) is 6.12. The zero-order chi connectivity index (χ0) is 21.8. The average Bonchev–Trinajstić information content (AvgIpc) is 3.44. The summed E-state index contributed by atoms with van der Waals surface area (Å²) in [6, 6.07) is 16.2. The van der Waals surface area contributed by atoms with Gasteiger partial charge in [0.2, 0.25) is 0 Å². The molecule has 6 nitrogen and oxygen atoms in total. The smallest absolute Gasteiger partial charge is 0.137 e. The third-order valence-electron chi connectivity index (χ3n) is 5.76. The Hall–Kier alpha value is -2.77. The second kappa shape index (κ2) is 9.58. The monoisotopic (exact) mass is 420 g/mol. The lowest BCUT2D eigenvalue weighted by atomic mass is 9.94. The van der Waals surface area contributed by atoms with Gasteiger partial charge in [0.05, 0.1) is 32.0 Å². The largest absolute Gasteiger partial charge is 0.394 e. The minimum Gasteiger partial charge on any atom is -0.394 e. The molecule has 3 aromatic rings. The number of aliphatic hydroxyl groups is 3. The molecule has 0 radical (unpaired) electrons. The Morgan fingerprint density at radius 3 is 2.35 bits per heavy atom. The van der Waals surface area contributed by atoms with Crippen LogP contribution in [0.25, 0.3) is 17.2 Å². The predicted molar refractivity (Wildman–Crippen MR) is 119 cm³/mol. The van der Waals surface area contributed by atoms with Gasteiger partial charge >= 0.3 is 0 Å². The van der Waals surface area contributed by atoms with Gasteiger partial charge < -0.3 is 24.6 Å². The van der Waals surface area contributed by atoms with Crippen LogP contribution in [-0.4, -0.2) is 50.8 Å². The van der Waals surface area contributed by atoms with Crippen LogP contribution in [0.2, 0.25) is 0 Å². The summed E-state index contributed by atoms with van der Waals surface area (Å²) in [7, 11) is 0. The second-order valence-electron chi connectivity index (χ2n) is 7.93. The van der Waals surface area contributed by atoms with Crippen molar-refractivity contribution in [1.29, 1.82) is 0 Å². The van der Waals surface area contributed by atoms with Gasteiger partial charge in [0.25, 0.3) is 0 Å². The molecule has 4 rings (SSSR count). The Kier molecular flexibility index (Phi) is 6.63. The highest BCUT2D eigenvalue weighted by Gasteiger charge is 2.27. The van der Waals surface area contributed by atoms with Gasteiger partial charge in [0.15, 0.2) is 0 Å². The zero-order valence-corrected chi connectivity index (χ0v) is 17.5. The number of benzene rings is 2. The highest BCUT2D eigenvalue weighted by atomic mass is 16.5. The number of aliphatic hydroxyl groups excluding tert-OH is 3. The summed E-state index contributed by atoms with van der Waals surface area (Å²) < 4.78 is 7.13. The van der Waals surface area contributed by atoms with Crippen LogP contribution < -0.4 is 0 Å². The lowest BCUT2D eigenvalue weighted by Crippen LogP contribution is -2.15. The first-order valence-electron chi connectivity index (χ1n) is 10.5. The molecule has 1 aliphatic heterocycles. The number of rotatable bonds is 7. The quantitative estimate of drug-likeness (QED) is 0.546. The molecule has 1 unspecified atom stereocenters. The molecule has 0 bridgehead atoms. The predicted octanol–water partition coefficient (Wildman–Crippen LogP) is 3.32. The van der Waals surface area contributed by atoms with E-state index in [0.29, 0.717) is 19.0 Å². The van der Waals surface area contributed by atoms with Crippen molar-refractivity contribution in [3.63, 3.8) is 0 Å². The van der Waals surface area contributed by atoms with Crippen molar-refractivity contribution < 1.29 is 20.1 Å². The van der Waals surface area contributed by atoms with E-state index in [1.807, 2.05) is 24.3 Å². The van der Waals surface area contributed by atoms with Crippen molar-refractivity contribution in [3.05, 3.63) is 84.0 Å². The minimum absolute atomic E-state index is 0.0471. The fraction of sp³-hybridized carbons (Fsp3) is 0.320. The summed E-state index contributed by atoms with van der Waals surface area (Å²) in [6.45, 7) is 2.54. The third kappa shape index (κ3) is 4.78. The van der Waals surface area contributed by atoms with E-state index in [2.05, 4.69) is 41.4 Å². The molecule has 1 aliphatic rings. The number of ether oxygens (including phenoxy) is 1. The maximum Gasteiger partial charge on any atom is 0.137 e. The maximum atomic E-state index is 10.0. The lowest BCUT2D eigenvalue weighted by molar-refractivity contribution is 0.124. The Labute approximate surface area is 182 Å². The van der Waals surface area contributed by atoms with Crippen LogP contribution in [0.15, 0.2) is 67.0 Å². The van der Waals surface area contributed by atoms with Crippen LogP contribution in [0, 0.1) is 0 Å². The molecular formula is C25H28N2O4. The highest BCUT2D eigenvalue weighted by molar-refractivity contribution is 5.66. The highest BCUT2D eigenvalue weighted by Crippen LogP contribution is 2.28. The molecule has 0 spiro atoms. The molecule has 2 heterocycles. The molecule has 4 atom stereocenters. The first kappa shape index (κ1) is 21.5. The molecule has 31 heavy (non-hydrogen) atoms.